The molecule has 0 atom stereocenters. The van der Waals surface area contributed by atoms with Gasteiger partial charge in [0.25, 0.3) is 0 Å². The standard InChI is InChI=1S/C16H32N2OS/c1-19-11-8-17-14-16(6-4-2-3-5-7-16)15-18-9-12-20-13-10-18/h17H,2-15H2,1H3. The van der Waals surface area contributed by atoms with Crippen LogP contribution in [-0.2, 0) is 4.74 Å². The van der Waals surface area contributed by atoms with Crippen molar-refractivity contribution in [2.24, 2.45) is 5.41 Å². The minimum atomic E-state index is 0.520. The van der Waals surface area contributed by atoms with Crippen LogP contribution in [0.2, 0.25) is 0 Å². The molecular formula is C16H32N2OS. The van der Waals surface area contributed by atoms with Crippen molar-refractivity contribution in [1.29, 1.82) is 0 Å². The lowest BCUT2D eigenvalue weighted by Gasteiger charge is -2.39. The fraction of sp³-hybridized carbons (Fsp3) is 1.00. The maximum absolute atomic E-state index is 5.16. The van der Waals surface area contributed by atoms with Crippen LogP contribution in [0.4, 0.5) is 0 Å². The highest BCUT2D eigenvalue weighted by Crippen LogP contribution is 2.36. The molecule has 0 unspecified atom stereocenters. The van der Waals surface area contributed by atoms with Crippen LogP contribution in [0.25, 0.3) is 0 Å². The Bertz CT molecular complexity index is 249. The van der Waals surface area contributed by atoms with Crippen LogP contribution in [0, 0.1) is 5.41 Å². The van der Waals surface area contributed by atoms with Crippen molar-refractivity contribution in [3.8, 4) is 0 Å². The zero-order valence-electron chi connectivity index (χ0n) is 13.2. The van der Waals surface area contributed by atoms with Crippen LogP contribution < -0.4 is 5.32 Å². The van der Waals surface area contributed by atoms with Crippen LogP contribution in [0.3, 0.4) is 0 Å². The Balaban J connectivity index is 1.87. The summed E-state index contributed by atoms with van der Waals surface area (Å²) in [7, 11) is 1.79. The van der Waals surface area contributed by atoms with E-state index in [0.717, 1.165) is 13.2 Å². The van der Waals surface area contributed by atoms with E-state index in [1.165, 1.54) is 76.2 Å². The maximum atomic E-state index is 5.16. The third-order valence-electron chi connectivity index (χ3n) is 4.81. The van der Waals surface area contributed by atoms with Gasteiger partial charge in [0.2, 0.25) is 0 Å². The summed E-state index contributed by atoms with van der Waals surface area (Å²) < 4.78 is 5.16. The monoisotopic (exact) mass is 300 g/mol. The molecule has 1 aliphatic carbocycles. The van der Waals surface area contributed by atoms with Gasteiger partial charge in [-0.25, -0.2) is 0 Å². The first kappa shape index (κ1) is 16.6. The van der Waals surface area contributed by atoms with E-state index in [1.54, 1.807) is 7.11 Å². The van der Waals surface area contributed by atoms with Crippen LogP contribution >= 0.6 is 11.8 Å². The second kappa shape index (κ2) is 9.29. The molecule has 1 saturated heterocycles. The molecule has 0 spiro atoms. The molecule has 4 heteroatoms. The van der Waals surface area contributed by atoms with Gasteiger partial charge in [-0.1, -0.05) is 25.7 Å². The van der Waals surface area contributed by atoms with Crippen molar-refractivity contribution >= 4 is 11.8 Å². The van der Waals surface area contributed by atoms with E-state index in [-0.39, 0.29) is 0 Å². The number of thioether (sulfide) groups is 1. The molecule has 1 aliphatic heterocycles. The second-order valence-electron chi connectivity index (χ2n) is 6.47. The molecule has 0 bridgehead atoms. The molecule has 2 fully saturated rings. The van der Waals surface area contributed by atoms with Gasteiger partial charge in [-0.2, -0.15) is 11.8 Å². The lowest BCUT2D eigenvalue weighted by molar-refractivity contribution is 0.129. The first-order chi connectivity index (χ1) is 9.85. The molecule has 1 heterocycles. The molecule has 0 aromatic carbocycles. The number of ether oxygens (including phenoxy) is 1. The molecule has 0 aromatic rings. The molecule has 0 radical (unpaired) electrons. The minimum absolute atomic E-state index is 0.520. The van der Waals surface area contributed by atoms with E-state index in [1.807, 2.05) is 0 Å². The summed E-state index contributed by atoms with van der Waals surface area (Å²) in [6.45, 7) is 6.91. The predicted octanol–water partition coefficient (Wildman–Crippen LogP) is 2.61. The molecule has 3 nitrogen and oxygen atoms in total. The van der Waals surface area contributed by atoms with E-state index in [0.29, 0.717) is 5.41 Å². The zero-order chi connectivity index (χ0) is 14.1. The smallest absolute Gasteiger partial charge is 0.0587 e. The third-order valence-corrected chi connectivity index (χ3v) is 5.75. The molecule has 0 amide bonds. The summed E-state index contributed by atoms with van der Waals surface area (Å²) >= 11 is 2.11. The Kier molecular flexibility index (Phi) is 7.71. The highest BCUT2D eigenvalue weighted by Gasteiger charge is 2.32. The fourth-order valence-electron chi connectivity index (χ4n) is 3.63. The topological polar surface area (TPSA) is 24.5 Å². The SMILES string of the molecule is COCCNCC1(CN2CCSCC2)CCCCCC1. The van der Waals surface area contributed by atoms with Gasteiger partial charge in [-0.3, -0.25) is 0 Å². The van der Waals surface area contributed by atoms with Gasteiger partial charge >= 0.3 is 0 Å². The van der Waals surface area contributed by atoms with Gasteiger partial charge in [0.15, 0.2) is 0 Å². The number of rotatable bonds is 7. The van der Waals surface area contributed by atoms with Gasteiger partial charge < -0.3 is 15.0 Å². The molecule has 118 valence electrons. The highest BCUT2D eigenvalue weighted by atomic mass is 32.2. The van der Waals surface area contributed by atoms with Crippen LogP contribution in [0.5, 0.6) is 0 Å². The van der Waals surface area contributed by atoms with Crippen LogP contribution in [0.15, 0.2) is 0 Å². The molecule has 2 rings (SSSR count). The molecule has 1 N–H and O–H groups in total. The van der Waals surface area contributed by atoms with Gasteiger partial charge in [0.1, 0.15) is 0 Å². The Labute approximate surface area is 129 Å². The largest absolute Gasteiger partial charge is 0.383 e. The number of nitrogens with one attached hydrogen (secondary N) is 1. The zero-order valence-corrected chi connectivity index (χ0v) is 14.0. The summed E-state index contributed by atoms with van der Waals surface area (Å²) in [5, 5.41) is 3.66. The van der Waals surface area contributed by atoms with Gasteiger partial charge in [-0.15, -0.1) is 0 Å². The van der Waals surface area contributed by atoms with Gasteiger partial charge in [0.05, 0.1) is 6.61 Å². The first-order valence-corrected chi connectivity index (χ1v) is 9.50. The summed E-state index contributed by atoms with van der Waals surface area (Å²) in [5.41, 5.74) is 0.520. The summed E-state index contributed by atoms with van der Waals surface area (Å²) in [5.74, 6) is 2.65. The van der Waals surface area contributed by atoms with Crippen molar-refractivity contribution in [3.05, 3.63) is 0 Å². The number of methoxy groups -OCH3 is 1. The Hall–Kier alpha value is 0.230. The van der Waals surface area contributed by atoms with Crippen molar-refractivity contribution < 1.29 is 4.74 Å². The molecule has 20 heavy (non-hydrogen) atoms. The average Bonchev–Trinajstić information content (AvgIpc) is 2.71. The van der Waals surface area contributed by atoms with Crippen molar-refractivity contribution in [3.63, 3.8) is 0 Å². The average molecular weight is 301 g/mol. The number of hydrogen-bond donors (Lipinski definition) is 1. The maximum Gasteiger partial charge on any atom is 0.0587 e. The Morgan fingerprint density at radius 2 is 1.80 bits per heavy atom. The van der Waals surface area contributed by atoms with Crippen molar-refractivity contribution in [2.75, 3.05) is 57.9 Å². The quantitative estimate of drug-likeness (QED) is 0.577. The van der Waals surface area contributed by atoms with E-state index >= 15 is 0 Å². The normalized spacial score (nSPS) is 24.4. The van der Waals surface area contributed by atoms with Crippen molar-refractivity contribution in [1.82, 2.24) is 10.2 Å². The van der Waals surface area contributed by atoms with E-state index in [2.05, 4.69) is 22.0 Å². The predicted molar refractivity (Wildman–Crippen MR) is 88.6 cm³/mol. The number of hydrogen-bond acceptors (Lipinski definition) is 4. The minimum Gasteiger partial charge on any atom is -0.383 e. The van der Waals surface area contributed by atoms with Crippen LogP contribution in [-0.4, -0.2) is 62.8 Å². The fourth-order valence-corrected chi connectivity index (χ4v) is 4.61. The molecule has 1 saturated carbocycles. The first-order valence-electron chi connectivity index (χ1n) is 8.34. The number of nitrogens with zero attached hydrogens (tertiary/aromatic N) is 1. The molecular weight excluding hydrogens is 268 g/mol. The van der Waals surface area contributed by atoms with E-state index in [9.17, 15) is 0 Å². The lowest BCUT2D eigenvalue weighted by Crippen LogP contribution is -2.47. The Morgan fingerprint density at radius 3 is 2.45 bits per heavy atom. The second-order valence-corrected chi connectivity index (χ2v) is 7.70. The summed E-state index contributed by atoms with van der Waals surface area (Å²) in [6, 6.07) is 0. The summed E-state index contributed by atoms with van der Waals surface area (Å²) in [6.07, 6.45) is 8.56. The van der Waals surface area contributed by atoms with Gasteiger partial charge in [-0.05, 0) is 18.3 Å². The van der Waals surface area contributed by atoms with Crippen molar-refractivity contribution in [2.45, 2.75) is 38.5 Å². The summed E-state index contributed by atoms with van der Waals surface area (Å²) in [4.78, 5) is 2.72. The lowest BCUT2D eigenvalue weighted by atomic mass is 9.79. The molecule has 2 aliphatic rings. The van der Waals surface area contributed by atoms with Gasteiger partial charge in [0, 0.05) is 51.3 Å². The Morgan fingerprint density at radius 1 is 1.10 bits per heavy atom. The van der Waals surface area contributed by atoms with E-state index in [4.69, 9.17) is 4.74 Å². The van der Waals surface area contributed by atoms with Crippen LogP contribution in [0.1, 0.15) is 38.5 Å². The van der Waals surface area contributed by atoms with E-state index < -0.39 is 0 Å². The highest BCUT2D eigenvalue weighted by molar-refractivity contribution is 7.99. The third kappa shape index (κ3) is 5.55. The molecule has 0 aromatic heterocycles.